The lowest BCUT2D eigenvalue weighted by molar-refractivity contribution is -0.132. The van der Waals surface area contributed by atoms with Gasteiger partial charge in [0.25, 0.3) is 0 Å². The highest BCUT2D eigenvalue weighted by atomic mass is 32.2. The van der Waals surface area contributed by atoms with Crippen molar-refractivity contribution in [3.8, 4) is 5.75 Å². The minimum Gasteiger partial charge on any atom is -0.491 e. The van der Waals surface area contributed by atoms with Crippen molar-refractivity contribution in [3.05, 3.63) is 59.7 Å². The van der Waals surface area contributed by atoms with Crippen molar-refractivity contribution < 1.29 is 23.9 Å². The molecule has 0 saturated heterocycles. The number of carbonyl (C=O) groups is 4. The molecule has 1 saturated carbocycles. The molecule has 0 bridgehead atoms. The molecule has 2 atom stereocenters. The van der Waals surface area contributed by atoms with Crippen molar-refractivity contribution in [2.45, 2.75) is 75.6 Å². The molecule has 2 aromatic carbocycles. The third-order valence-electron chi connectivity index (χ3n) is 8.45. The fourth-order valence-corrected chi connectivity index (χ4v) is 6.98. The highest BCUT2D eigenvalue weighted by molar-refractivity contribution is 7.99. The van der Waals surface area contributed by atoms with Gasteiger partial charge in [-0.05, 0) is 54.8 Å². The molecule has 5 rings (SSSR count). The van der Waals surface area contributed by atoms with Gasteiger partial charge in [-0.2, -0.15) is 0 Å². The lowest BCUT2D eigenvalue weighted by Crippen LogP contribution is -2.44. The number of benzene rings is 2. The van der Waals surface area contributed by atoms with Gasteiger partial charge in [-0.1, -0.05) is 68.5 Å². The number of hydrogen-bond donors (Lipinski definition) is 2. The van der Waals surface area contributed by atoms with E-state index in [2.05, 4.69) is 10.0 Å². The third kappa shape index (κ3) is 7.65. The summed E-state index contributed by atoms with van der Waals surface area (Å²) < 4.78 is 8.68. The summed E-state index contributed by atoms with van der Waals surface area (Å²) in [6.45, 7) is 1.92. The number of amides is 4. The van der Waals surface area contributed by atoms with E-state index in [4.69, 9.17) is 4.74 Å². The second-order valence-electron chi connectivity index (χ2n) is 11.3. The van der Waals surface area contributed by atoms with E-state index in [1.807, 2.05) is 48.5 Å². The number of aldehydes is 1. The molecule has 2 aromatic rings. The van der Waals surface area contributed by atoms with Crippen LogP contribution in [0.1, 0.15) is 62.5 Å². The van der Waals surface area contributed by atoms with Crippen molar-refractivity contribution in [2.75, 3.05) is 24.6 Å². The number of hydrogen-bond acceptors (Lipinski definition) is 6. The van der Waals surface area contributed by atoms with Crippen LogP contribution in [0.25, 0.3) is 0 Å². The number of anilines is 1. The summed E-state index contributed by atoms with van der Waals surface area (Å²) in [5, 5.41) is 2.33. The molecule has 1 fully saturated rings. The van der Waals surface area contributed by atoms with E-state index in [9.17, 15) is 19.2 Å². The first-order chi connectivity index (χ1) is 20.5. The zero-order chi connectivity index (χ0) is 29.3. The predicted octanol–water partition coefficient (Wildman–Crippen LogP) is 4.63. The summed E-state index contributed by atoms with van der Waals surface area (Å²) >= 11 is 1.13. The van der Waals surface area contributed by atoms with Gasteiger partial charge in [-0.15, -0.1) is 0 Å². The van der Waals surface area contributed by atoms with Crippen LogP contribution in [0.15, 0.2) is 48.5 Å². The molecule has 224 valence electrons. The number of nitrogens with zero attached hydrogens (tertiary/aromatic N) is 2. The van der Waals surface area contributed by atoms with E-state index < -0.39 is 11.3 Å². The average molecular weight is 593 g/mol. The number of rotatable bonds is 10. The number of urea groups is 1. The summed E-state index contributed by atoms with van der Waals surface area (Å²) in [7, 11) is 0. The van der Waals surface area contributed by atoms with Crippen LogP contribution in [-0.4, -0.2) is 60.0 Å². The molecular weight excluding hydrogens is 552 g/mol. The maximum atomic E-state index is 13.5. The molecule has 42 heavy (non-hydrogen) atoms. The highest BCUT2D eigenvalue weighted by Gasteiger charge is 2.30. The molecule has 2 N–H and O–H groups in total. The van der Waals surface area contributed by atoms with E-state index in [1.54, 1.807) is 9.80 Å². The Bertz CT molecular complexity index is 1270. The van der Waals surface area contributed by atoms with Gasteiger partial charge < -0.3 is 19.7 Å². The van der Waals surface area contributed by atoms with Crippen molar-refractivity contribution in [3.63, 3.8) is 0 Å². The van der Waals surface area contributed by atoms with E-state index in [0.717, 1.165) is 66.6 Å². The van der Waals surface area contributed by atoms with E-state index >= 15 is 0 Å². The van der Waals surface area contributed by atoms with Crippen molar-refractivity contribution in [2.24, 2.45) is 5.92 Å². The quantitative estimate of drug-likeness (QED) is 0.308. The molecule has 0 unspecified atom stereocenters. The van der Waals surface area contributed by atoms with Crippen LogP contribution in [0.3, 0.4) is 0 Å². The molecule has 0 spiro atoms. The topological polar surface area (TPSA) is 108 Å². The highest BCUT2D eigenvalue weighted by Crippen LogP contribution is 2.32. The Morgan fingerprint density at radius 1 is 1.00 bits per heavy atom. The minimum absolute atomic E-state index is 0.0808. The van der Waals surface area contributed by atoms with E-state index in [1.165, 1.54) is 6.42 Å². The van der Waals surface area contributed by atoms with Gasteiger partial charge >= 0.3 is 6.03 Å². The second-order valence-corrected chi connectivity index (χ2v) is 12.4. The summed E-state index contributed by atoms with van der Waals surface area (Å²) in [5.74, 6) is 0.821. The first-order valence-corrected chi connectivity index (χ1v) is 15.9. The first kappa shape index (κ1) is 29.9. The Labute approximate surface area is 251 Å². The van der Waals surface area contributed by atoms with Crippen LogP contribution in [0, 0.1) is 5.92 Å². The van der Waals surface area contributed by atoms with Crippen molar-refractivity contribution in [1.29, 1.82) is 0 Å². The Balaban J connectivity index is 1.16. The molecule has 2 heterocycles. The van der Waals surface area contributed by atoms with E-state index in [0.29, 0.717) is 44.9 Å². The van der Waals surface area contributed by atoms with Crippen LogP contribution in [0.4, 0.5) is 10.5 Å². The molecule has 2 aliphatic heterocycles. The summed E-state index contributed by atoms with van der Waals surface area (Å²) in [5.41, 5.74) is 2.98. The van der Waals surface area contributed by atoms with Gasteiger partial charge in [0.15, 0.2) is 0 Å². The van der Waals surface area contributed by atoms with Crippen LogP contribution < -0.4 is 19.7 Å². The maximum absolute atomic E-state index is 13.5. The molecule has 3 aliphatic rings. The fourth-order valence-electron chi connectivity index (χ4n) is 6.09. The Morgan fingerprint density at radius 3 is 2.57 bits per heavy atom. The smallest absolute Gasteiger partial charge is 0.331 e. The first-order valence-electron chi connectivity index (χ1n) is 15.1. The lowest BCUT2D eigenvalue weighted by Gasteiger charge is -2.27. The minimum atomic E-state index is -0.785. The van der Waals surface area contributed by atoms with Crippen molar-refractivity contribution >= 4 is 41.8 Å². The summed E-state index contributed by atoms with van der Waals surface area (Å²) in [4.78, 5) is 55.0. The number of para-hydroxylation sites is 2. The monoisotopic (exact) mass is 592 g/mol. The molecular formula is C32H40N4O5S. The largest absolute Gasteiger partial charge is 0.491 e. The normalized spacial score (nSPS) is 18.1. The van der Waals surface area contributed by atoms with Gasteiger partial charge in [-0.25, -0.2) is 4.79 Å². The third-order valence-corrected chi connectivity index (χ3v) is 9.44. The van der Waals surface area contributed by atoms with Crippen LogP contribution in [0.5, 0.6) is 5.75 Å². The van der Waals surface area contributed by atoms with Gasteiger partial charge in [0.1, 0.15) is 23.9 Å². The Kier molecular flexibility index (Phi) is 10.4. The van der Waals surface area contributed by atoms with Crippen molar-refractivity contribution in [1.82, 2.24) is 14.9 Å². The Morgan fingerprint density at radius 2 is 1.76 bits per heavy atom. The molecule has 0 aromatic heterocycles. The second kappa shape index (κ2) is 14.6. The zero-order valence-electron chi connectivity index (χ0n) is 24.0. The van der Waals surface area contributed by atoms with Crippen LogP contribution in [0.2, 0.25) is 0 Å². The lowest BCUT2D eigenvalue weighted by atomic mass is 9.86. The number of nitrogens with one attached hydrogen (secondary N) is 2. The SMILES string of the molecule is O=C[C@H](CCC(=O)N1CCOc2ccccc2C1)NC(=O)[C@H](CC1CCCCC1)SNC(=O)N1CCc2ccccc21. The van der Waals surface area contributed by atoms with E-state index in [-0.39, 0.29) is 30.7 Å². The maximum Gasteiger partial charge on any atom is 0.331 e. The number of carbonyl (C=O) groups excluding carboxylic acids is 4. The zero-order valence-corrected chi connectivity index (χ0v) is 24.8. The molecule has 1 aliphatic carbocycles. The van der Waals surface area contributed by atoms with Gasteiger partial charge in [0.2, 0.25) is 11.8 Å². The number of ether oxygens (including phenoxy) is 1. The average Bonchev–Trinajstić information content (AvgIpc) is 3.33. The molecule has 10 heteroatoms. The van der Waals surface area contributed by atoms with Crippen LogP contribution >= 0.6 is 11.9 Å². The summed E-state index contributed by atoms with van der Waals surface area (Å²) in [6, 6.07) is 14.5. The molecule has 9 nitrogen and oxygen atoms in total. The van der Waals surface area contributed by atoms with Gasteiger partial charge in [0, 0.05) is 30.8 Å². The Hall–Kier alpha value is -3.53. The standard InChI is InChI=1S/C32H40N4O5S/c37-22-26(14-15-30(38)35-18-19-41-28-13-7-5-11-25(28)21-35)33-31(39)29(20-23-8-2-1-3-9-23)42-34-32(40)36-17-16-24-10-4-6-12-27(24)36/h4-7,10-13,22-23,26,29H,1-3,8-9,14-21H2,(H,33,39)(H,34,40)/t26-,29-/m0/s1. The van der Waals surface area contributed by atoms with Crippen LogP contribution in [-0.2, 0) is 27.3 Å². The van der Waals surface area contributed by atoms with Gasteiger partial charge in [-0.3, -0.25) is 19.2 Å². The molecule has 4 amide bonds. The van der Waals surface area contributed by atoms with Gasteiger partial charge in [0.05, 0.1) is 12.6 Å². The fraction of sp³-hybridized carbons (Fsp3) is 0.500. The molecule has 0 radical (unpaired) electrons. The number of fused-ring (bicyclic) bond motifs is 2. The predicted molar refractivity (Wildman–Crippen MR) is 163 cm³/mol. The summed E-state index contributed by atoms with van der Waals surface area (Å²) in [6.07, 6.45) is 8.11.